The summed E-state index contributed by atoms with van der Waals surface area (Å²) in [6, 6.07) is 6.58. The number of likely N-dealkylation sites (N-methyl/N-ethyl adjacent to an activating group) is 1. The van der Waals surface area contributed by atoms with Crippen molar-refractivity contribution in [2.75, 3.05) is 19.6 Å². The highest BCUT2D eigenvalue weighted by molar-refractivity contribution is 6.13. The molecule has 0 radical (unpaired) electrons. The zero-order valence-electron chi connectivity index (χ0n) is 15.5. The molecule has 1 aliphatic rings. The molecular formula is C19H26N2O4. The van der Waals surface area contributed by atoms with E-state index in [0.717, 1.165) is 0 Å². The molecular weight excluding hydrogens is 320 g/mol. The van der Waals surface area contributed by atoms with Gasteiger partial charge in [-0.25, -0.2) is 4.79 Å². The number of benzene rings is 1. The number of ether oxygens (including phenoxy) is 1. The summed E-state index contributed by atoms with van der Waals surface area (Å²) < 4.78 is 5.42. The first-order valence-corrected chi connectivity index (χ1v) is 8.55. The number of hydrogen-bond donors (Lipinski definition) is 0. The molecule has 0 unspecified atom stereocenters. The van der Waals surface area contributed by atoms with E-state index >= 15 is 0 Å². The first-order chi connectivity index (χ1) is 11.6. The molecule has 2 amide bonds. The van der Waals surface area contributed by atoms with Gasteiger partial charge in [0.15, 0.2) is 5.78 Å². The third-order valence-electron chi connectivity index (χ3n) is 4.06. The molecule has 1 aliphatic heterocycles. The average molecular weight is 346 g/mol. The van der Waals surface area contributed by atoms with Crippen molar-refractivity contribution < 1.29 is 19.1 Å². The highest BCUT2D eigenvalue weighted by Gasteiger charge is 2.32. The highest BCUT2D eigenvalue weighted by Crippen LogP contribution is 2.20. The second kappa shape index (κ2) is 7.25. The van der Waals surface area contributed by atoms with E-state index in [1.165, 1.54) is 4.90 Å². The normalized spacial score (nSPS) is 15.6. The second-order valence-electron chi connectivity index (χ2n) is 7.27. The molecule has 0 fully saturated rings. The molecule has 0 saturated carbocycles. The van der Waals surface area contributed by atoms with E-state index in [1.54, 1.807) is 29.2 Å². The third kappa shape index (κ3) is 4.38. The lowest BCUT2D eigenvalue weighted by atomic mass is 9.97. The Morgan fingerprint density at radius 1 is 1.24 bits per heavy atom. The summed E-state index contributed by atoms with van der Waals surface area (Å²) >= 11 is 0. The Bertz CT molecular complexity index is 678. The predicted molar refractivity (Wildman–Crippen MR) is 94.8 cm³/mol. The molecule has 1 aromatic carbocycles. The van der Waals surface area contributed by atoms with Crippen LogP contribution in [0.4, 0.5) is 4.79 Å². The van der Waals surface area contributed by atoms with Crippen molar-refractivity contribution in [2.45, 2.75) is 46.3 Å². The van der Waals surface area contributed by atoms with E-state index in [9.17, 15) is 14.4 Å². The first kappa shape index (κ1) is 19.0. The summed E-state index contributed by atoms with van der Waals surface area (Å²) in [6.07, 6.45) is -0.418. The maximum atomic E-state index is 12.6. The van der Waals surface area contributed by atoms with Gasteiger partial charge in [-0.3, -0.25) is 9.59 Å². The minimum absolute atomic E-state index is 0.0338. The minimum atomic E-state index is -0.583. The summed E-state index contributed by atoms with van der Waals surface area (Å²) in [5.41, 5.74) is 0.308. The summed E-state index contributed by atoms with van der Waals surface area (Å²) in [6.45, 7) is 9.93. The smallest absolute Gasteiger partial charge is 0.410 e. The van der Waals surface area contributed by atoms with E-state index in [-0.39, 0.29) is 30.8 Å². The Balaban J connectivity index is 2.12. The number of ketones is 1. The highest BCUT2D eigenvalue weighted by atomic mass is 16.6. The fraction of sp³-hybridized carbons (Fsp3) is 0.526. The molecule has 2 rings (SSSR count). The van der Waals surface area contributed by atoms with E-state index < -0.39 is 11.7 Å². The molecule has 6 nitrogen and oxygen atoms in total. The Morgan fingerprint density at radius 2 is 1.84 bits per heavy atom. The second-order valence-corrected chi connectivity index (χ2v) is 7.27. The van der Waals surface area contributed by atoms with Crippen LogP contribution in [0.1, 0.15) is 55.3 Å². The Kier molecular flexibility index (Phi) is 5.50. The van der Waals surface area contributed by atoms with E-state index in [2.05, 4.69) is 0 Å². The quantitative estimate of drug-likeness (QED) is 0.841. The van der Waals surface area contributed by atoms with Crippen molar-refractivity contribution >= 4 is 17.8 Å². The number of fused-ring (bicyclic) bond motifs is 1. The number of carbonyl (C=O) groups is 3. The van der Waals surface area contributed by atoms with Crippen LogP contribution in [0.5, 0.6) is 0 Å². The zero-order chi connectivity index (χ0) is 18.8. The first-order valence-electron chi connectivity index (χ1n) is 8.55. The maximum Gasteiger partial charge on any atom is 0.410 e. The van der Waals surface area contributed by atoms with Crippen molar-refractivity contribution in [1.29, 1.82) is 0 Å². The molecule has 0 spiro atoms. The van der Waals surface area contributed by atoms with Gasteiger partial charge < -0.3 is 14.5 Å². The summed E-state index contributed by atoms with van der Waals surface area (Å²) in [4.78, 5) is 40.4. The minimum Gasteiger partial charge on any atom is -0.444 e. The fourth-order valence-corrected chi connectivity index (χ4v) is 2.92. The molecule has 6 heteroatoms. The van der Waals surface area contributed by atoms with Crippen LogP contribution in [0.2, 0.25) is 0 Å². The van der Waals surface area contributed by atoms with E-state index in [1.807, 2.05) is 34.6 Å². The Morgan fingerprint density at radius 3 is 2.40 bits per heavy atom. The van der Waals surface area contributed by atoms with Crippen LogP contribution in [0.3, 0.4) is 0 Å². The monoisotopic (exact) mass is 346 g/mol. The molecule has 0 aliphatic carbocycles. The average Bonchev–Trinajstić information content (AvgIpc) is 2.51. The number of Topliss-reactive ketones (excluding diaryl/α,β-unsaturated/α-hetero) is 1. The van der Waals surface area contributed by atoms with Crippen LogP contribution in [-0.2, 0) is 4.74 Å². The SMILES string of the molecule is CCN(C(=O)OC(C)(C)C)[C@@H](C)CN1CC(=O)c2ccccc2C1=O. The lowest BCUT2D eigenvalue weighted by Gasteiger charge is -2.35. The van der Waals surface area contributed by atoms with Gasteiger partial charge in [-0.15, -0.1) is 0 Å². The molecule has 0 aromatic heterocycles. The van der Waals surface area contributed by atoms with Crippen LogP contribution in [0, 0.1) is 0 Å². The van der Waals surface area contributed by atoms with Crippen molar-refractivity contribution in [3.8, 4) is 0 Å². The number of rotatable bonds is 4. The van der Waals surface area contributed by atoms with Crippen LogP contribution in [0.15, 0.2) is 24.3 Å². The Labute approximate surface area is 148 Å². The summed E-state index contributed by atoms with van der Waals surface area (Å²) in [5, 5.41) is 0. The lowest BCUT2D eigenvalue weighted by Crippen LogP contribution is -2.51. The number of nitrogens with zero attached hydrogens (tertiary/aromatic N) is 2. The number of carbonyl (C=O) groups excluding carboxylic acids is 3. The molecule has 1 atom stereocenters. The molecule has 136 valence electrons. The number of amides is 2. The molecule has 0 bridgehead atoms. The van der Waals surface area contributed by atoms with Gasteiger partial charge in [0, 0.05) is 24.7 Å². The van der Waals surface area contributed by atoms with Crippen LogP contribution < -0.4 is 0 Å². The van der Waals surface area contributed by atoms with Crippen molar-refractivity contribution in [3.63, 3.8) is 0 Å². The van der Waals surface area contributed by atoms with E-state index in [4.69, 9.17) is 4.74 Å². The van der Waals surface area contributed by atoms with Crippen LogP contribution in [-0.4, -0.2) is 58.9 Å². The van der Waals surface area contributed by atoms with Crippen LogP contribution >= 0.6 is 0 Å². The molecule has 25 heavy (non-hydrogen) atoms. The summed E-state index contributed by atoms with van der Waals surface area (Å²) in [5.74, 6) is -0.259. The van der Waals surface area contributed by atoms with Gasteiger partial charge in [0.05, 0.1) is 12.1 Å². The Hall–Kier alpha value is -2.37. The van der Waals surface area contributed by atoms with Gasteiger partial charge in [0.25, 0.3) is 5.91 Å². The molecule has 1 aromatic rings. The van der Waals surface area contributed by atoms with Gasteiger partial charge in [-0.05, 0) is 40.7 Å². The van der Waals surface area contributed by atoms with Gasteiger partial charge in [0.2, 0.25) is 0 Å². The van der Waals surface area contributed by atoms with E-state index in [0.29, 0.717) is 17.7 Å². The van der Waals surface area contributed by atoms with Crippen molar-refractivity contribution in [1.82, 2.24) is 9.80 Å². The predicted octanol–water partition coefficient (Wildman–Crippen LogP) is 2.97. The standard InChI is InChI=1S/C19H26N2O4/c1-6-21(18(24)25-19(3,4)5)13(2)11-20-12-16(22)14-9-7-8-10-15(14)17(20)23/h7-10,13H,6,11-12H2,1-5H3/t13-/m0/s1. The number of hydrogen-bond acceptors (Lipinski definition) is 4. The fourth-order valence-electron chi connectivity index (χ4n) is 2.92. The molecule has 1 heterocycles. The molecule has 0 saturated heterocycles. The van der Waals surface area contributed by atoms with Gasteiger partial charge >= 0.3 is 6.09 Å². The maximum absolute atomic E-state index is 12.6. The molecule has 0 N–H and O–H groups in total. The van der Waals surface area contributed by atoms with Gasteiger partial charge in [-0.2, -0.15) is 0 Å². The summed E-state index contributed by atoms with van der Waals surface area (Å²) in [7, 11) is 0. The topological polar surface area (TPSA) is 66.9 Å². The lowest BCUT2D eigenvalue weighted by molar-refractivity contribution is 0.0150. The zero-order valence-corrected chi connectivity index (χ0v) is 15.5. The largest absolute Gasteiger partial charge is 0.444 e. The van der Waals surface area contributed by atoms with Gasteiger partial charge in [-0.1, -0.05) is 18.2 Å². The third-order valence-corrected chi connectivity index (χ3v) is 4.06. The van der Waals surface area contributed by atoms with Crippen LogP contribution in [0.25, 0.3) is 0 Å². The van der Waals surface area contributed by atoms with Gasteiger partial charge in [0.1, 0.15) is 5.60 Å². The van der Waals surface area contributed by atoms with Crippen molar-refractivity contribution in [2.24, 2.45) is 0 Å². The van der Waals surface area contributed by atoms with Crippen molar-refractivity contribution in [3.05, 3.63) is 35.4 Å².